The maximum absolute atomic E-state index is 9.34. The third-order valence-corrected chi connectivity index (χ3v) is 2.78. The molecule has 0 aliphatic rings. The average molecular weight is 238 g/mol. The van der Waals surface area contributed by atoms with Gasteiger partial charge in [0.05, 0.1) is 12.1 Å². The Morgan fingerprint density at radius 1 is 1.29 bits per heavy atom. The normalized spacial score (nSPS) is 14.1. The fourth-order valence-corrected chi connectivity index (χ4v) is 1.32. The molecule has 0 saturated heterocycles. The standard InChI is InChI=1S/C12H22N4O/c1-4-6-13-10-7-11(15-9-14-10)16-12(3,5-2)8-17/h7,9,17H,4-6,8H2,1-3H3,(H2,13,14,15,16). The van der Waals surface area contributed by atoms with Crippen LogP contribution < -0.4 is 10.6 Å². The summed E-state index contributed by atoms with van der Waals surface area (Å²) >= 11 is 0. The molecule has 0 amide bonds. The van der Waals surface area contributed by atoms with E-state index < -0.39 is 0 Å². The highest BCUT2D eigenvalue weighted by atomic mass is 16.3. The molecule has 1 aromatic heterocycles. The van der Waals surface area contributed by atoms with E-state index in [1.54, 1.807) is 0 Å². The highest BCUT2D eigenvalue weighted by Gasteiger charge is 2.20. The van der Waals surface area contributed by atoms with Crippen LogP contribution in [0.5, 0.6) is 0 Å². The van der Waals surface area contributed by atoms with Gasteiger partial charge >= 0.3 is 0 Å². The maximum Gasteiger partial charge on any atom is 0.131 e. The Bertz CT molecular complexity index is 339. The van der Waals surface area contributed by atoms with E-state index in [2.05, 4.69) is 27.5 Å². The molecule has 5 nitrogen and oxygen atoms in total. The molecule has 1 rings (SSSR count). The van der Waals surface area contributed by atoms with Crippen molar-refractivity contribution in [2.75, 3.05) is 23.8 Å². The minimum absolute atomic E-state index is 0.0746. The molecule has 0 bridgehead atoms. The zero-order valence-electron chi connectivity index (χ0n) is 10.8. The van der Waals surface area contributed by atoms with E-state index >= 15 is 0 Å². The molecule has 1 heterocycles. The van der Waals surface area contributed by atoms with Crippen molar-refractivity contribution in [2.45, 2.75) is 39.2 Å². The first-order chi connectivity index (χ1) is 8.13. The van der Waals surface area contributed by atoms with Crippen LogP contribution >= 0.6 is 0 Å². The molecule has 0 radical (unpaired) electrons. The van der Waals surface area contributed by atoms with Crippen LogP contribution in [0.25, 0.3) is 0 Å². The molecule has 0 aromatic carbocycles. The number of aliphatic hydroxyl groups excluding tert-OH is 1. The van der Waals surface area contributed by atoms with Crippen LogP contribution in [0.15, 0.2) is 12.4 Å². The molecule has 3 N–H and O–H groups in total. The fraction of sp³-hybridized carbons (Fsp3) is 0.667. The van der Waals surface area contributed by atoms with Gasteiger partial charge in [0.2, 0.25) is 0 Å². The predicted molar refractivity (Wildman–Crippen MR) is 70.2 cm³/mol. The van der Waals surface area contributed by atoms with Crippen molar-refractivity contribution in [3.05, 3.63) is 12.4 Å². The summed E-state index contributed by atoms with van der Waals surface area (Å²) in [6.07, 6.45) is 3.40. The first-order valence-corrected chi connectivity index (χ1v) is 6.08. The van der Waals surface area contributed by atoms with Crippen molar-refractivity contribution in [2.24, 2.45) is 0 Å². The van der Waals surface area contributed by atoms with E-state index in [9.17, 15) is 5.11 Å². The summed E-state index contributed by atoms with van der Waals surface area (Å²) in [5, 5.41) is 15.8. The third kappa shape index (κ3) is 4.19. The lowest BCUT2D eigenvalue weighted by molar-refractivity contribution is 0.218. The lowest BCUT2D eigenvalue weighted by atomic mass is 10.0. The second kappa shape index (κ2) is 6.39. The van der Waals surface area contributed by atoms with Crippen molar-refractivity contribution < 1.29 is 5.11 Å². The van der Waals surface area contributed by atoms with E-state index in [4.69, 9.17) is 0 Å². The minimum atomic E-state index is -0.337. The lowest BCUT2D eigenvalue weighted by Gasteiger charge is -2.27. The van der Waals surface area contributed by atoms with Crippen molar-refractivity contribution >= 4 is 11.6 Å². The van der Waals surface area contributed by atoms with E-state index in [-0.39, 0.29) is 12.1 Å². The van der Waals surface area contributed by atoms with Gasteiger partial charge in [-0.3, -0.25) is 0 Å². The van der Waals surface area contributed by atoms with Gasteiger partial charge in [0.1, 0.15) is 18.0 Å². The predicted octanol–water partition coefficient (Wildman–Crippen LogP) is 1.87. The summed E-state index contributed by atoms with van der Waals surface area (Å²) in [6, 6.07) is 1.86. The van der Waals surface area contributed by atoms with Gasteiger partial charge < -0.3 is 15.7 Å². The van der Waals surface area contributed by atoms with E-state index in [1.807, 2.05) is 19.9 Å². The number of aliphatic hydroxyl groups is 1. The quantitative estimate of drug-likeness (QED) is 0.676. The summed E-state index contributed by atoms with van der Waals surface area (Å²) in [5.41, 5.74) is -0.337. The van der Waals surface area contributed by atoms with Crippen molar-refractivity contribution in [1.29, 1.82) is 0 Å². The number of hydrogen-bond donors (Lipinski definition) is 3. The van der Waals surface area contributed by atoms with Gasteiger partial charge in [-0.25, -0.2) is 9.97 Å². The molecule has 0 aliphatic heterocycles. The van der Waals surface area contributed by atoms with Gasteiger partial charge in [-0.15, -0.1) is 0 Å². The SMILES string of the molecule is CCCNc1cc(NC(C)(CC)CO)ncn1. The fourth-order valence-electron chi connectivity index (χ4n) is 1.32. The molecule has 1 atom stereocenters. The Morgan fingerprint density at radius 3 is 2.59 bits per heavy atom. The average Bonchev–Trinajstić information content (AvgIpc) is 2.36. The topological polar surface area (TPSA) is 70.1 Å². The van der Waals surface area contributed by atoms with Gasteiger partial charge in [-0.1, -0.05) is 13.8 Å². The molecule has 0 saturated carbocycles. The molecule has 5 heteroatoms. The minimum Gasteiger partial charge on any atom is -0.394 e. The molecule has 96 valence electrons. The second-order valence-corrected chi connectivity index (χ2v) is 4.41. The molecule has 17 heavy (non-hydrogen) atoms. The maximum atomic E-state index is 9.34. The van der Waals surface area contributed by atoms with Crippen LogP contribution in [0.4, 0.5) is 11.6 Å². The van der Waals surface area contributed by atoms with Crippen molar-refractivity contribution in [3.63, 3.8) is 0 Å². The van der Waals surface area contributed by atoms with Gasteiger partial charge in [0, 0.05) is 12.6 Å². The number of nitrogens with zero attached hydrogens (tertiary/aromatic N) is 2. The number of nitrogens with one attached hydrogen (secondary N) is 2. The van der Waals surface area contributed by atoms with Crippen LogP contribution in [0.1, 0.15) is 33.6 Å². The van der Waals surface area contributed by atoms with E-state index in [0.717, 1.165) is 31.0 Å². The number of hydrogen-bond acceptors (Lipinski definition) is 5. The van der Waals surface area contributed by atoms with Crippen LogP contribution in [0.3, 0.4) is 0 Å². The first-order valence-electron chi connectivity index (χ1n) is 6.08. The number of aromatic nitrogens is 2. The molecule has 0 spiro atoms. The molecule has 0 aliphatic carbocycles. The third-order valence-electron chi connectivity index (χ3n) is 2.78. The Morgan fingerprint density at radius 2 is 2.00 bits per heavy atom. The molecule has 1 aromatic rings. The highest BCUT2D eigenvalue weighted by Crippen LogP contribution is 2.17. The van der Waals surface area contributed by atoms with Gasteiger partial charge in [-0.2, -0.15) is 0 Å². The van der Waals surface area contributed by atoms with Gasteiger partial charge in [-0.05, 0) is 19.8 Å². The second-order valence-electron chi connectivity index (χ2n) is 4.41. The van der Waals surface area contributed by atoms with Crippen LogP contribution in [-0.4, -0.2) is 33.8 Å². The van der Waals surface area contributed by atoms with Crippen LogP contribution in [-0.2, 0) is 0 Å². The Hall–Kier alpha value is -1.36. The highest BCUT2D eigenvalue weighted by molar-refractivity contribution is 5.47. The zero-order chi connectivity index (χ0) is 12.7. The molecular formula is C12H22N4O. The summed E-state index contributed by atoms with van der Waals surface area (Å²) in [4.78, 5) is 8.29. The van der Waals surface area contributed by atoms with E-state index in [1.165, 1.54) is 6.33 Å². The summed E-state index contributed by atoms with van der Waals surface area (Å²) in [5.74, 6) is 1.54. The Labute approximate surface area is 103 Å². The summed E-state index contributed by atoms with van der Waals surface area (Å²) in [6.45, 7) is 7.06. The Balaban J connectivity index is 2.71. The number of rotatable bonds is 7. The zero-order valence-corrected chi connectivity index (χ0v) is 10.8. The summed E-state index contributed by atoms with van der Waals surface area (Å²) in [7, 11) is 0. The Kier molecular flexibility index (Phi) is 5.15. The van der Waals surface area contributed by atoms with Crippen molar-refractivity contribution in [1.82, 2.24) is 9.97 Å². The molecule has 1 unspecified atom stereocenters. The number of anilines is 2. The molecule has 0 fully saturated rings. The van der Waals surface area contributed by atoms with Crippen LogP contribution in [0, 0.1) is 0 Å². The largest absolute Gasteiger partial charge is 0.394 e. The summed E-state index contributed by atoms with van der Waals surface area (Å²) < 4.78 is 0. The van der Waals surface area contributed by atoms with Gasteiger partial charge in [0.25, 0.3) is 0 Å². The first kappa shape index (κ1) is 13.7. The van der Waals surface area contributed by atoms with Gasteiger partial charge in [0.15, 0.2) is 0 Å². The molecular weight excluding hydrogens is 216 g/mol. The monoisotopic (exact) mass is 238 g/mol. The lowest BCUT2D eigenvalue weighted by Crippen LogP contribution is -2.38. The van der Waals surface area contributed by atoms with Crippen LogP contribution in [0.2, 0.25) is 0 Å². The van der Waals surface area contributed by atoms with Crippen molar-refractivity contribution in [3.8, 4) is 0 Å². The van der Waals surface area contributed by atoms with E-state index in [0.29, 0.717) is 0 Å². The smallest absolute Gasteiger partial charge is 0.131 e.